The zero-order valence-electron chi connectivity index (χ0n) is 16.0. The maximum Gasteiger partial charge on any atom is 0.408 e. The number of nitrogens with one attached hydrogen (secondary N) is 1. The highest BCUT2D eigenvalue weighted by Crippen LogP contribution is 2.30. The molecule has 0 saturated carbocycles. The van der Waals surface area contributed by atoms with Gasteiger partial charge in [0.2, 0.25) is 0 Å². The van der Waals surface area contributed by atoms with Crippen LogP contribution in [0.3, 0.4) is 0 Å². The topological polar surface area (TPSA) is 75.6 Å². The Hall–Kier alpha value is -1.76. The van der Waals surface area contributed by atoms with E-state index in [-0.39, 0.29) is 5.82 Å². The lowest BCUT2D eigenvalue weighted by Crippen LogP contribution is -2.53. The van der Waals surface area contributed by atoms with Gasteiger partial charge in [0.1, 0.15) is 17.5 Å². The van der Waals surface area contributed by atoms with E-state index < -0.39 is 28.5 Å². The maximum atomic E-state index is 12.9. The number of thioether (sulfide) groups is 1. The van der Waals surface area contributed by atoms with Crippen LogP contribution in [0.25, 0.3) is 0 Å². The number of carboxylic acid groups (broad SMARTS) is 1. The van der Waals surface area contributed by atoms with E-state index in [1.807, 2.05) is 0 Å². The monoisotopic (exact) mass is 385 g/mol. The van der Waals surface area contributed by atoms with Crippen LogP contribution in [-0.4, -0.2) is 39.3 Å². The summed E-state index contributed by atoms with van der Waals surface area (Å²) in [5.41, 5.74) is 0.339. The van der Waals surface area contributed by atoms with Gasteiger partial charge in [0.15, 0.2) is 0 Å². The van der Waals surface area contributed by atoms with Crippen LogP contribution in [0.2, 0.25) is 0 Å². The third-order valence-electron chi connectivity index (χ3n) is 3.60. The minimum absolute atomic E-state index is 0.262. The van der Waals surface area contributed by atoms with Crippen molar-refractivity contribution in [2.45, 2.75) is 63.9 Å². The smallest absolute Gasteiger partial charge is 0.408 e. The van der Waals surface area contributed by atoms with Gasteiger partial charge in [0.25, 0.3) is 0 Å². The minimum Gasteiger partial charge on any atom is -0.480 e. The fraction of sp³-hybridized carbons (Fsp3) is 0.579. The number of hydrogen-bond donors (Lipinski definition) is 2. The molecule has 0 saturated heterocycles. The molecule has 0 heterocycles. The van der Waals surface area contributed by atoms with Gasteiger partial charge in [-0.1, -0.05) is 12.1 Å². The predicted octanol–water partition coefficient (Wildman–Crippen LogP) is 4.25. The van der Waals surface area contributed by atoms with E-state index in [1.165, 1.54) is 23.9 Å². The first-order valence-corrected chi connectivity index (χ1v) is 9.50. The number of carbonyl (C=O) groups excluding carboxylic acids is 1. The highest BCUT2D eigenvalue weighted by molar-refractivity contribution is 8.00. The Labute approximate surface area is 158 Å². The number of aryl methyl sites for hydroxylation is 1. The van der Waals surface area contributed by atoms with Crippen LogP contribution in [-0.2, 0) is 16.0 Å². The van der Waals surface area contributed by atoms with Crippen molar-refractivity contribution < 1.29 is 23.8 Å². The second kappa shape index (κ2) is 9.26. The third kappa shape index (κ3) is 8.08. The lowest BCUT2D eigenvalue weighted by Gasteiger charge is -2.32. The molecule has 146 valence electrons. The van der Waals surface area contributed by atoms with Crippen LogP contribution in [0.4, 0.5) is 9.18 Å². The van der Waals surface area contributed by atoms with Gasteiger partial charge in [0.05, 0.1) is 0 Å². The van der Waals surface area contributed by atoms with Crippen LogP contribution >= 0.6 is 11.8 Å². The van der Waals surface area contributed by atoms with E-state index in [1.54, 1.807) is 46.8 Å². The molecule has 1 aromatic rings. The fourth-order valence-corrected chi connectivity index (χ4v) is 3.45. The zero-order chi connectivity index (χ0) is 20.0. The molecule has 1 aromatic carbocycles. The van der Waals surface area contributed by atoms with Crippen molar-refractivity contribution in [2.75, 3.05) is 5.75 Å². The van der Waals surface area contributed by atoms with Crippen molar-refractivity contribution in [2.24, 2.45) is 0 Å². The molecule has 0 aliphatic heterocycles. The molecule has 0 radical (unpaired) electrons. The number of carboxylic acids is 1. The third-order valence-corrected chi connectivity index (χ3v) is 5.07. The van der Waals surface area contributed by atoms with Gasteiger partial charge >= 0.3 is 12.1 Å². The molecule has 0 unspecified atom stereocenters. The second-order valence-corrected chi connectivity index (χ2v) is 9.35. The van der Waals surface area contributed by atoms with Gasteiger partial charge in [-0.3, -0.25) is 0 Å². The minimum atomic E-state index is -1.10. The van der Waals surface area contributed by atoms with E-state index in [0.29, 0.717) is 5.75 Å². The number of halogens is 1. The Kier molecular flexibility index (Phi) is 7.93. The average molecular weight is 386 g/mol. The first kappa shape index (κ1) is 22.3. The molecule has 2 N–H and O–H groups in total. The summed E-state index contributed by atoms with van der Waals surface area (Å²) in [7, 11) is 0. The fourth-order valence-electron chi connectivity index (χ4n) is 2.30. The number of carbonyl (C=O) groups is 2. The van der Waals surface area contributed by atoms with Crippen LogP contribution in [0.1, 0.15) is 46.6 Å². The van der Waals surface area contributed by atoms with Crippen LogP contribution in [0.15, 0.2) is 24.3 Å². The standard InChI is InChI=1S/C19H28FNO4S/c1-18(2,3)25-17(24)21-15(16(22)23)19(4,5)26-12-6-7-13-8-10-14(20)11-9-13/h8-11,15H,6-7,12H2,1-5H3,(H,21,24)(H,22,23)/t15-/m1/s1. The van der Waals surface area contributed by atoms with E-state index in [0.717, 1.165) is 18.4 Å². The molecular weight excluding hydrogens is 357 g/mol. The summed E-state index contributed by atoms with van der Waals surface area (Å²) < 4.78 is 17.3. The van der Waals surface area contributed by atoms with Crippen molar-refractivity contribution in [1.82, 2.24) is 5.32 Å². The van der Waals surface area contributed by atoms with Gasteiger partial charge in [-0.05, 0) is 70.9 Å². The Morgan fingerprint density at radius 1 is 1.19 bits per heavy atom. The highest BCUT2D eigenvalue weighted by atomic mass is 32.2. The molecule has 0 aliphatic carbocycles. The maximum absolute atomic E-state index is 12.9. The molecule has 5 nitrogen and oxygen atoms in total. The lowest BCUT2D eigenvalue weighted by atomic mass is 10.0. The Morgan fingerprint density at radius 3 is 2.27 bits per heavy atom. The first-order valence-electron chi connectivity index (χ1n) is 8.51. The Morgan fingerprint density at radius 2 is 1.77 bits per heavy atom. The number of alkyl carbamates (subject to hydrolysis) is 1. The van der Waals surface area contributed by atoms with E-state index in [4.69, 9.17) is 4.74 Å². The summed E-state index contributed by atoms with van der Waals surface area (Å²) in [4.78, 5) is 23.5. The zero-order valence-corrected chi connectivity index (χ0v) is 16.8. The lowest BCUT2D eigenvalue weighted by molar-refractivity contribution is -0.140. The molecule has 26 heavy (non-hydrogen) atoms. The number of benzene rings is 1. The molecule has 0 bridgehead atoms. The molecule has 1 atom stereocenters. The van der Waals surface area contributed by atoms with Crippen LogP contribution < -0.4 is 5.32 Å². The second-order valence-electron chi connectivity index (χ2n) is 7.60. The van der Waals surface area contributed by atoms with Gasteiger partial charge in [0, 0.05) is 4.75 Å². The highest BCUT2D eigenvalue weighted by Gasteiger charge is 2.37. The SMILES string of the molecule is CC(C)(C)OC(=O)N[C@H](C(=O)O)C(C)(C)SCCCc1ccc(F)cc1. The molecule has 0 fully saturated rings. The van der Waals surface area contributed by atoms with Crippen molar-refractivity contribution in [3.63, 3.8) is 0 Å². The summed E-state index contributed by atoms with van der Waals surface area (Å²) in [5.74, 6) is -0.655. The van der Waals surface area contributed by atoms with Crippen molar-refractivity contribution >= 4 is 23.8 Å². The van der Waals surface area contributed by atoms with Crippen LogP contribution in [0, 0.1) is 5.82 Å². The number of ether oxygens (including phenoxy) is 1. The van der Waals surface area contributed by atoms with E-state index >= 15 is 0 Å². The van der Waals surface area contributed by atoms with Gasteiger partial charge in [-0.15, -0.1) is 0 Å². The molecular formula is C19H28FNO4S. The van der Waals surface area contributed by atoms with Crippen molar-refractivity contribution in [3.8, 4) is 0 Å². The number of rotatable bonds is 8. The normalized spacial score (nSPS) is 13.2. The van der Waals surface area contributed by atoms with Crippen molar-refractivity contribution in [3.05, 3.63) is 35.6 Å². The van der Waals surface area contributed by atoms with Gasteiger partial charge in [-0.2, -0.15) is 11.8 Å². The number of aliphatic carboxylic acids is 1. The Bertz CT molecular complexity index is 611. The summed E-state index contributed by atoms with van der Waals surface area (Å²) >= 11 is 1.47. The average Bonchev–Trinajstić information content (AvgIpc) is 2.49. The number of amides is 1. The first-order chi connectivity index (χ1) is 11.9. The number of hydrogen-bond acceptors (Lipinski definition) is 4. The summed E-state index contributed by atoms with van der Waals surface area (Å²) in [6.07, 6.45) is 0.851. The summed E-state index contributed by atoms with van der Waals surface area (Å²) in [6.45, 7) is 8.73. The summed E-state index contributed by atoms with van der Waals surface area (Å²) in [6, 6.07) is 5.27. The molecule has 0 aromatic heterocycles. The quantitative estimate of drug-likeness (QED) is 0.655. The molecule has 1 amide bonds. The largest absolute Gasteiger partial charge is 0.480 e. The van der Waals surface area contributed by atoms with E-state index in [9.17, 15) is 19.1 Å². The van der Waals surface area contributed by atoms with Crippen molar-refractivity contribution in [1.29, 1.82) is 0 Å². The molecule has 0 spiro atoms. The summed E-state index contributed by atoms with van der Waals surface area (Å²) in [5, 5.41) is 12.0. The predicted molar refractivity (Wildman–Crippen MR) is 102 cm³/mol. The Balaban J connectivity index is 2.56. The molecule has 7 heteroatoms. The van der Waals surface area contributed by atoms with Gasteiger partial charge < -0.3 is 15.2 Å². The molecule has 1 rings (SSSR count). The van der Waals surface area contributed by atoms with E-state index in [2.05, 4.69) is 5.32 Å². The van der Waals surface area contributed by atoms with Crippen LogP contribution in [0.5, 0.6) is 0 Å². The van der Waals surface area contributed by atoms with Gasteiger partial charge in [-0.25, -0.2) is 14.0 Å². The molecule has 0 aliphatic rings.